The summed E-state index contributed by atoms with van der Waals surface area (Å²) in [6.45, 7) is 0. The van der Waals surface area contributed by atoms with Gasteiger partial charge in [0.15, 0.2) is 5.58 Å². The normalized spacial score (nSPS) is 11.3. The summed E-state index contributed by atoms with van der Waals surface area (Å²) in [7, 11) is 0. The molecule has 1 N–H and O–H groups in total. The number of nitrogens with zero attached hydrogens (tertiary/aromatic N) is 1. The van der Waals surface area contributed by atoms with Crippen molar-refractivity contribution >= 4 is 44.0 Å². The number of nitrogens with one attached hydrogen (secondary N) is 1. The van der Waals surface area contributed by atoms with Gasteiger partial charge in [0.2, 0.25) is 5.89 Å². The number of hydrogen-bond donors (Lipinski definition) is 1. The van der Waals surface area contributed by atoms with Gasteiger partial charge in [0.25, 0.3) is 0 Å². The first-order valence-electron chi connectivity index (χ1n) is 12.1. The van der Waals surface area contributed by atoms with Crippen molar-refractivity contribution in [3.8, 4) is 22.6 Å². The molecule has 1 aromatic heterocycles. The SMILES string of the molecule is c1ccc(-c2ccc(Nc3ccc4ccc5ccc6nc(-c7ccccc7)oc6c5c4c3)cc2)cc1. The fraction of sp³-hybridized carbons (Fsp3) is 0. The summed E-state index contributed by atoms with van der Waals surface area (Å²) >= 11 is 0. The third-order valence-corrected chi connectivity index (χ3v) is 6.66. The van der Waals surface area contributed by atoms with Gasteiger partial charge in [0, 0.05) is 22.3 Å². The van der Waals surface area contributed by atoms with Gasteiger partial charge < -0.3 is 9.73 Å². The highest BCUT2D eigenvalue weighted by atomic mass is 16.3. The van der Waals surface area contributed by atoms with Gasteiger partial charge in [-0.2, -0.15) is 0 Å². The fourth-order valence-corrected chi connectivity index (χ4v) is 4.85. The molecule has 0 fully saturated rings. The van der Waals surface area contributed by atoms with Crippen LogP contribution in [0.3, 0.4) is 0 Å². The molecule has 3 nitrogen and oxygen atoms in total. The third-order valence-electron chi connectivity index (χ3n) is 6.66. The highest BCUT2D eigenvalue weighted by Crippen LogP contribution is 2.36. The second-order valence-electron chi connectivity index (χ2n) is 8.97. The van der Waals surface area contributed by atoms with Crippen LogP contribution in [0.15, 0.2) is 132 Å². The van der Waals surface area contributed by atoms with Crippen LogP contribution in [0.1, 0.15) is 0 Å². The Kier molecular flexibility index (Phi) is 4.78. The van der Waals surface area contributed by atoms with Crippen LogP contribution in [0.25, 0.3) is 55.2 Å². The van der Waals surface area contributed by atoms with Crippen molar-refractivity contribution in [2.45, 2.75) is 0 Å². The highest BCUT2D eigenvalue weighted by Gasteiger charge is 2.13. The lowest BCUT2D eigenvalue weighted by Gasteiger charge is -2.10. The monoisotopic (exact) mass is 462 g/mol. The molecule has 3 heteroatoms. The average molecular weight is 463 g/mol. The molecule has 0 bridgehead atoms. The smallest absolute Gasteiger partial charge is 0.227 e. The molecule has 170 valence electrons. The Hall–Kier alpha value is -4.89. The Bertz CT molecular complexity index is 1840. The number of benzene rings is 6. The van der Waals surface area contributed by atoms with Gasteiger partial charge in [-0.1, -0.05) is 84.9 Å². The van der Waals surface area contributed by atoms with Crippen molar-refractivity contribution in [3.05, 3.63) is 127 Å². The third kappa shape index (κ3) is 3.58. The summed E-state index contributed by atoms with van der Waals surface area (Å²) in [5.41, 5.74) is 7.15. The van der Waals surface area contributed by atoms with Gasteiger partial charge >= 0.3 is 0 Å². The number of anilines is 2. The number of rotatable bonds is 4. The molecule has 0 saturated heterocycles. The molecule has 0 radical (unpaired) electrons. The van der Waals surface area contributed by atoms with Crippen LogP contribution in [0.4, 0.5) is 11.4 Å². The molecular formula is C33H22N2O. The zero-order valence-electron chi connectivity index (χ0n) is 19.5. The molecule has 6 aromatic carbocycles. The molecule has 0 spiro atoms. The van der Waals surface area contributed by atoms with E-state index in [1.165, 1.54) is 11.1 Å². The van der Waals surface area contributed by atoms with E-state index in [1.807, 2.05) is 42.5 Å². The first-order chi connectivity index (χ1) is 17.8. The average Bonchev–Trinajstić information content (AvgIpc) is 3.39. The topological polar surface area (TPSA) is 38.1 Å². The van der Waals surface area contributed by atoms with Crippen LogP contribution in [-0.4, -0.2) is 4.98 Å². The second kappa shape index (κ2) is 8.40. The minimum absolute atomic E-state index is 0.642. The minimum atomic E-state index is 0.642. The van der Waals surface area contributed by atoms with Crippen molar-refractivity contribution in [1.82, 2.24) is 4.98 Å². The maximum atomic E-state index is 6.36. The van der Waals surface area contributed by atoms with Crippen molar-refractivity contribution in [1.29, 1.82) is 0 Å². The molecule has 0 amide bonds. The van der Waals surface area contributed by atoms with Gasteiger partial charge in [0.1, 0.15) is 5.52 Å². The van der Waals surface area contributed by atoms with E-state index < -0.39 is 0 Å². The molecule has 36 heavy (non-hydrogen) atoms. The van der Waals surface area contributed by atoms with Crippen LogP contribution in [0.2, 0.25) is 0 Å². The highest BCUT2D eigenvalue weighted by molar-refractivity contribution is 6.18. The molecule has 0 saturated carbocycles. The molecule has 1 heterocycles. The fourth-order valence-electron chi connectivity index (χ4n) is 4.85. The van der Waals surface area contributed by atoms with E-state index >= 15 is 0 Å². The molecule has 7 rings (SSSR count). The van der Waals surface area contributed by atoms with Crippen LogP contribution in [0, 0.1) is 0 Å². The van der Waals surface area contributed by atoms with Gasteiger partial charge in [0.05, 0.1) is 0 Å². The van der Waals surface area contributed by atoms with Gasteiger partial charge in [-0.3, -0.25) is 0 Å². The number of fused-ring (bicyclic) bond motifs is 5. The summed E-state index contributed by atoms with van der Waals surface area (Å²) < 4.78 is 6.36. The van der Waals surface area contributed by atoms with Crippen LogP contribution >= 0.6 is 0 Å². The Morgan fingerprint density at radius 3 is 1.92 bits per heavy atom. The van der Waals surface area contributed by atoms with Crippen LogP contribution in [0.5, 0.6) is 0 Å². The Labute approximate surface area is 208 Å². The van der Waals surface area contributed by atoms with Gasteiger partial charge in [-0.05, 0) is 69.8 Å². The second-order valence-corrected chi connectivity index (χ2v) is 8.97. The first kappa shape index (κ1) is 20.5. The van der Waals surface area contributed by atoms with E-state index in [0.717, 1.165) is 49.6 Å². The molecule has 0 aliphatic rings. The maximum absolute atomic E-state index is 6.36. The van der Waals surface area contributed by atoms with Crippen molar-refractivity contribution in [2.24, 2.45) is 0 Å². The van der Waals surface area contributed by atoms with Crippen molar-refractivity contribution in [2.75, 3.05) is 5.32 Å². The Morgan fingerprint density at radius 1 is 0.528 bits per heavy atom. The van der Waals surface area contributed by atoms with E-state index in [0.29, 0.717) is 5.89 Å². The molecule has 7 aromatic rings. The summed E-state index contributed by atoms with van der Waals surface area (Å²) in [6.07, 6.45) is 0. The van der Waals surface area contributed by atoms with E-state index in [1.54, 1.807) is 0 Å². The molecular weight excluding hydrogens is 440 g/mol. The molecule has 0 aliphatic carbocycles. The first-order valence-corrected chi connectivity index (χ1v) is 12.1. The van der Waals surface area contributed by atoms with Crippen LogP contribution < -0.4 is 5.32 Å². The van der Waals surface area contributed by atoms with Gasteiger partial charge in [-0.25, -0.2) is 4.98 Å². The Morgan fingerprint density at radius 2 is 1.14 bits per heavy atom. The summed E-state index contributed by atoms with van der Waals surface area (Å²) in [4.78, 5) is 4.78. The van der Waals surface area contributed by atoms with Crippen molar-refractivity contribution in [3.63, 3.8) is 0 Å². The van der Waals surface area contributed by atoms with Gasteiger partial charge in [-0.15, -0.1) is 0 Å². The van der Waals surface area contributed by atoms with E-state index in [4.69, 9.17) is 9.40 Å². The van der Waals surface area contributed by atoms with E-state index in [2.05, 4.69) is 90.2 Å². The summed E-state index contributed by atoms with van der Waals surface area (Å²) in [5.74, 6) is 0.642. The molecule has 0 unspecified atom stereocenters. The Balaban J connectivity index is 1.31. The lowest BCUT2D eigenvalue weighted by atomic mass is 10.0. The standard InChI is InChI=1S/C33H22N2O/c1-3-7-22(8-4-1)23-13-17-27(18-14-23)34-28-19-15-24-11-12-25-16-20-30-32(31(25)29(24)21-28)36-33(35-30)26-9-5-2-6-10-26/h1-21,34H. The number of oxazole rings is 1. The molecule has 0 aliphatic heterocycles. The predicted octanol–water partition coefficient (Wildman–Crippen LogP) is 9.21. The van der Waals surface area contributed by atoms with E-state index in [-0.39, 0.29) is 0 Å². The number of hydrogen-bond acceptors (Lipinski definition) is 3. The number of aromatic nitrogens is 1. The molecule has 0 atom stereocenters. The minimum Gasteiger partial charge on any atom is -0.435 e. The summed E-state index contributed by atoms with van der Waals surface area (Å²) in [6, 6.07) is 44.0. The van der Waals surface area contributed by atoms with E-state index in [9.17, 15) is 0 Å². The maximum Gasteiger partial charge on any atom is 0.227 e. The van der Waals surface area contributed by atoms with Crippen molar-refractivity contribution < 1.29 is 4.42 Å². The zero-order valence-corrected chi connectivity index (χ0v) is 19.5. The lowest BCUT2D eigenvalue weighted by molar-refractivity contribution is 0.623. The summed E-state index contributed by atoms with van der Waals surface area (Å²) in [5, 5.41) is 8.10. The van der Waals surface area contributed by atoms with Crippen LogP contribution in [-0.2, 0) is 0 Å². The zero-order chi connectivity index (χ0) is 23.9. The largest absolute Gasteiger partial charge is 0.435 e. The quantitative estimate of drug-likeness (QED) is 0.265. The lowest BCUT2D eigenvalue weighted by Crippen LogP contribution is -1.90. The predicted molar refractivity (Wildman–Crippen MR) is 150 cm³/mol.